The molecule has 0 spiro atoms. The molecule has 1 rings (SSSR count). The summed E-state index contributed by atoms with van der Waals surface area (Å²) in [5.41, 5.74) is 3.34. The number of carbonyl (C=O) groups is 1. The molecule has 0 bridgehead atoms. The van der Waals surface area contributed by atoms with Crippen LogP contribution < -0.4 is 5.43 Å². The van der Waals surface area contributed by atoms with Gasteiger partial charge in [0.2, 0.25) is 0 Å². The van der Waals surface area contributed by atoms with Crippen molar-refractivity contribution in [3.05, 3.63) is 0 Å². The summed E-state index contributed by atoms with van der Waals surface area (Å²) in [4.78, 5) is 11.2. The highest BCUT2D eigenvalue weighted by Crippen LogP contribution is 2.07. The normalized spacial score (nSPS) is 19.9. The Morgan fingerprint density at radius 3 is 2.67 bits per heavy atom. The smallest absolute Gasteiger partial charge is 0.307 e. The van der Waals surface area contributed by atoms with Crippen molar-refractivity contribution in [2.24, 2.45) is 0 Å². The molecule has 0 aromatic carbocycles. The molecule has 0 amide bonds. The molecule has 1 aliphatic rings. The van der Waals surface area contributed by atoms with E-state index in [1.165, 1.54) is 19.3 Å². The Morgan fingerprint density at radius 2 is 2.07 bits per heavy atom. The van der Waals surface area contributed by atoms with E-state index in [2.05, 4.69) is 10.4 Å². The molecule has 1 N–H and O–H groups in total. The van der Waals surface area contributed by atoms with E-state index in [9.17, 15) is 4.79 Å². The highest BCUT2D eigenvalue weighted by atomic mass is 16.5. The molecule has 0 aromatic rings. The molecule has 1 saturated heterocycles. The SMILES string of the molecule is CCOC(=O)CC(C)NN1CCCCC1. The summed E-state index contributed by atoms with van der Waals surface area (Å²) < 4.78 is 4.90. The van der Waals surface area contributed by atoms with Gasteiger partial charge in [0.05, 0.1) is 13.0 Å². The molecule has 1 heterocycles. The molecule has 0 saturated carbocycles. The first kappa shape index (κ1) is 12.5. The fraction of sp³-hybridized carbons (Fsp3) is 0.909. The van der Waals surface area contributed by atoms with E-state index in [-0.39, 0.29) is 12.0 Å². The van der Waals surface area contributed by atoms with Crippen LogP contribution in [0.3, 0.4) is 0 Å². The summed E-state index contributed by atoms with van der Waals surface area (Å²) in [5, 5.41) is 2.22. The number of carbonyl (C=O) groups excluding carboxylic acids is 1. The molecule has 1 aliphatic heterocycles. The minimum Gasteiger partial charge on any atom is -0.466 e. The summed E-state index contributed by atoms with van der Waals surface area (Å²) in [7, 11) is 0. The first-order chi connectivity index (χ1) is 7.22. The lowest BCUT2D eigenvalue weighted by molar-refractivity contribution is -0.143. The summed E-state index contributed by atoms with van der Waals surface area (Å²) >= 11 is 0. The van der Waals surface area contributed by atoms with Crippen LogP contribution in [0.25, 0.3) is 0 Å². The second kappa shape index (κ2) is 6.80. The lowest BCUT2D eigenvalue weighted by atomic mass is 10.1. The summed E-state index contributed by atoms with van der Waals surface area (Å²) in [6.45, 7) is 6.50. The Morgan fingerprint density at radius 1 is 1.40 bits per heavy atom. The molecule has 88 valence electrons. The monoisotopic (exact) mass is 214 g/mol. The number of rotatable bonds is 5. The maximum Gasteiger partial charge on any atom is 0.307 e. The van der Waals surface area contributed by atoms with Crippen molar-refractivity contribution in [2.45, 2.75) is 45.6 Å². The second-order valence-corrected chi connectivity index (χ2v) is 4.09. The van der Waals surface area contributed by atoms with Crippen molar-refractivity contribution in [2.75, 3.05) is 19.7 Å². The predicted octanol–water partition coefficient (Wildman–Crippen LogP) is 1.32. The van der Waals surface area contributed by atoms with Gasteiger partial charge in [-0.3, -0.25) is 10.2 Å². The standard InChI is InChI=1S/C11H22N2O2/c1-3-15-11(14)9-10(2)12-13-7-5-4-6-8-13/h10,12H,3-9H2,1-2H3. The van der Waals surface area contributed by atoms with Crippen molar-refractivity contribution in [3.63, 3.8) is 0 Å². The quantitative estimate of drug-likeness (QED) is 0.701. The van der Waals surface area contributed by atoms with Crippen molar-refractivity contribution in [1.82, 2.24) is 10.4 Å². The lowest BCUT2D eigenvalue weighted by Crippen LogP contribution is -2.46. The molecular formula is C11H22N2O2. The molecular weight excluding hydrogens is 192 g/mol. The third-order valence-corrected chi connectivity index (χ3v) is 2.54. The number of hydrogen-bond acceptors (Lipinski definition) is 4. The van der Waals surface area contributed by atoms with Crippen molar-refractivity contribution < 1.29 is 9.53 Å². The van der Waals surface area contributed by atoms with Gasteiger partial charge in [-0.15, -0.1) is 0 Å². The minimum atomic E-state index is -0.116. The Bertz CT molecular complexity index is 191. The van der Waals surface area contributed by atoms with Crippen LogP contribution >= 0.6 is 0 Å². The molecule has 1 unspecified atom stereocenters. The van der Waals surface area contributed by atoms with Crippen LogP contribution in [0.15, 0.2) is 0 Å². The highest BCUT2D eigenvalue weighted by Gasteiger charge is 2.15. The summed E-state index contributed by atoms with van der Waals surface area (Å²) in [5.74, 6) is -0.116. The van der Waals surface area contributed by atoms with Crippen molar-refractivity contribution in [3.8, 4) is 0 Å². The Kier molecular flexibility index (Phi) is 5.65. The third-order valence-electron chi connectivity index (χ3n) is 2.54. The van der Waals surface area contributed by atoms with Gasteiger partial charge < -0.3 is 4.74 Å². The Labute approximate surface area is 91.9 Å². The van der Waals surface area contributed by atoms with E-state index in [0.717, 1.165) is 13.1 Å². The second-order valence-electron chi connectivity index (χ2n) is 4.09. The Hall–Kier alpha value is -0.610. The number of ether oxygens (including phenoxy) is 1. The van der Waals surface area contributed by atoms with E-state index < -0.39 is 0 Å². The maximum atomic E-state index is 11.2. The van der Waals surface area contributed by atoms with Crippen LogP contribution in [0.4, 0.5) is 0 Å². The molecule has 4 heteroatoms. The van der Waals surface area contributed by atoms with Crippen LogP contribution in [-0.4, -0.2) is 36.7 Å². The van der Waals surface area contributed by atoms with Gasteiger partial charge in [-0.05, 0) is 26.7 Å². The van der Waals surface area contributed by atoms with E-state index in [1.807, 2.05) is 13.8 Å². The van der Waals surface area contributed by atoms with Gasteiger partial charge >= 0.3 is 5.97 Å². The van der Waals surface area contributed by atoms with Gasteiger partial charge in [0, 0.05) is 19.1 Å². The number of esters is 1. The largest absolute Gasteiger partial charge is 0.466 e. The van der Waals surface area contributed by atoms with Gasteiger partial charge in [-0.1, -0.05) is 6.42 Å². The van der Waals surface area contributed by atoms with E-state index in [1.54, 1.807) is 0 Å². The molecule has 4 nitrogen and oxygen atoms in total. The van der Waals surface area contributed by atoms with Crippen LogP contribution in [0.2, 0.25) is 0 Å². The van der Waals surface area contributed by atoms with Gasteiger partial charge in [-0.25, -0.2) is 5.01 Å². The van der Waals surface area contributed by atoms with E-state index in [0.29, 0.717) is 13.0 Å². The van der Waals surface area contributed by atoms with Crippen molar-refractivity contribution >= 4 is 5.97 Å². The molecule has 1 fully saturated rings. The number of nitrogens with one attached hydrogen (secondary N) is 1. The van der Waals surface area contributed by atoms with Gasteiger partial charge in [0.25, 0.3) is 0 Å². The zero-order valence-corrected chi connectivity index (χ0v) is 9.79. The zero-order valence-electron chi connectivity index (χ0n) is 9.79. The number of hydrogen-bond donors (Lipinski definition) is 1. The summed E-state index contributed by atoms with van der Waals surface area (Å²) in [6.07, 6.45) is 4.27. The number of piperidine rings is 1. The highest BCUT2D eigenvalue weighted by molar-refractivity contribution is 5.69. The topological polar surface area (TPSA) is 41.6 Å². The first-order valence-corrected chi connectivity index (χ1v) is 5.89. The first-order valence-electron chi connectivity index (χ1n) is 5.89. The van der Waals surface area contributed by atoms with Crippen LogP contribution in [0, 0.1) is 0 Å². The molecule has 1 atom stereocenters. The molecule has 15 heavy (non-hydrogen) atoms. The zero-order chi connectivity index (χ0) is 11.1. The lowest BCUT2D eigenvalue weighted by Gasteiger charge is -2.29. The number of nitrogens with zero attached hydrogens (tertiary/aromatic N) is 1. The van der Waals surface area contributed by atoms with Crippen molar-refractivity contribution in [1.29, 1.82) is 0 Å². The average Bonchev–Trinajstić information content (AvgIpc) is 2.19. The van der Waals surface area contributed by atoms with Crippen LogP contribution in [-0.2, 0) is 9.53 Å². The maximum absolute atomic E-state index is 11.2. The van der Waals surface area contributed by atoms with E-state index >= 15 is 0 Å². The fourth-order valence-electron chi connectivity index (χ4n) is 1.85. The van der Waals surface area contributed by atoms with Gasteiger partial charge in [-0.2, -0.15) is 0 Å². The van der Waals surface area contributed by atoms with E-state index in [4.69, 9.17) is 4.74 Å². The Balaban J connectivity index is 2.16. The minimum absolute atomic E-state index is 0.116. The van der Waals surface area contributed by atoms with Crippen LogP contribution in [0.5, 0.6) is 0 Å². The molecule has 0 radical (unpaired) electrons. The molecule has 0 aromatic heterocycles. The fourth-order valence-corrected chi connectivity index (χ4v) is 1.85. The third kappa shape index (κ3) is 5.14. The predicted molar refractivity (Wildman–Crippen MR) is 59.3 cm³/mol. The number of hydrazine groups is 1. The average molecular weight is 214 g/mol. The van der Waals surface area contributed by atoms with Gasteiger partial charge in [0.1, 0.15) is 0 Å². The van der Waals surface area contributed by atoms with Crippen LogP contribution in [0.1, 0.15) is 39.5 Å². The van der Waals surface area contributed by atoms with Gasteiger partial charge in [0.15, 0.2) is 0 Å². The summed E-state index contributed by atoms with van der Waals surface area (Å²) in [6, 6.07) is 0.169. The molecule has 0 aliphatic carbocycles.